The molecule has 0 aromatic heterocycles. The molecule has 0 aliphatic carbocycles. The monoisotopic (exact) mass is 348 g/mol. The third-order valence-electron chi connectivity index (χ3n) is 2.78. The van der Waals surface area contributed by atoms with E-state index in [2.05, 4.69) is 18.1 Å². The second-order valence-electron chi connectivity index (χ2n) is 4.42. The van der Waals surface area contributed by atoms with Crippen LogP contribution in [0, 0.1) is 12.3 Å². The number of aliphatic hydroxyl groups excluding tert-OH is 1. The van der Waals surface area contributed by atoms with Crippen molar-refractivity contribution in [3.63, 3.8) is 0 Å². The van der Waals surface area contributed by atoms with Gasteiger partial charge in [-0.3, -0.25) is 0 Å². The number of rotatable bonds is 9. The Morgan fingerprint density at radius 3 is 2.50 bits per heavy atom. The van der Waals surface area contributed by atoms with E-state index in [1.807, 2.05) is 18.2 Å². The van der Waals surface area contributed by atoms with Crippen molar-refractivity contribution >= 4 is 23.1 Å². The van der Waals surface area contributed by atoms with Crippen LogP contribution in [0.15, 0.2) is 30.3 Å². The maximum absolute atomic E-state index is 9.39. The van der Waals surface area contributed by atoms with Crippen molar-refractivity contribution < 1.29 is 26.8 Å². The number of hydrogen-bond acceptors (Lipinski definition) is 2. The van der Waals surface area contributed by atoms with Gasteiger partial charge >= 0.3 is 23.1 Å². The van der Waals surface area contributed by atoms with Gasteiger partial charge in [0.05, 0.1) is 12.7 Å². The Kier molecular flexibility index (Phi) is 17.0. The van der Waals surface area contributed by atoms with E-state index in [1.54, 1.807) is 0 Å². The van der Waals surface area contributed by atoms with Gasteiger partial charge in [-0.2, -0.15) is 0 Å². The normalized spacial score (nSPS) is 10.8. The van der Waals surface area contributed by atoms with Crippen LogP contribution in [0.2, 0.25) is 0 Å². The van der Waals surface area contributed by atoms with E-state index >= 15 is 0 Å². The molecule has 1 aromatic rings. The molecule has 0 spiro atoms. The van der Waals surface area contributed by atoms with Crippen LogP contribution >= 0.6 is 0 Å². The SMILES string of the molecule is [Br-].[C-]#CC[C@H](O)CCCCCOCc1ccccc1.[Mg+2]. The average Bonchev–Trinajstić information content (AvgIpc) is 2.39. The summed E-state index contributed by atoms with van der Waals surface area (Å²) in [7, 11) is 0. The molecule has 1 rings (SSSR count). The van der Waals surface area contributed by atoms with Gasteiger partial charge in [0, 0.05) is 6.61 Å². The van der Waals surface area contributed by atoms with Crippen molar-refractivity contribution in [2.45, 2.75) is 44.8 Å². The fourth-order valence-electron chi connectivity index (χ4n) is 1.74. The van der Waals surface area contributed by atoms with Crippen molar-refractivity contribution in [1.29, 1.82) is 0 Å². The Balaban J connectivity index is 0. The first-order valence-corrected chi connectivity index (χ1v) is 6.52. The molecule has 0 fully saturated rings. The summed E-state index contributed by atoms with van der Waals surface area (Å²) in [4.78, 5) is 0. The topological polar surface area (TPSA) is 29.5 Å². The van der Waals surface area contributed by atoms with E-state index in [4.69, 9.17) is 11.2 Å². The van der Waals surface area contributed by atoms with Crippen molar-refractivity contribution in [3.8, 4) is 5.92 Å². The van der Waals surface area contributed by atoms with Gasteiger partial charge < -0.3 is 39.2 Å². The van der Waals surface area contributed by atoms with Crippen molar-refractivity contribution in [1.82, 2.24) is 0 Å². The zero-order valence-electron chi connectivity index (χ0n) is 11.9. The van der Waals surface area contributed by atoms with Crippen LogP contribution in [-0.2, 0) is 11.3 Å². The molecule has 0 amide bonds. The molecule has 0 radical (unpaired) electrons. The van der Waals surface area contributed by atoms with Crippen molar-refractivity contribution in [3.05, 3.63) is 42.3 Å². The first-order chi connectivity index (χ1) is 8.83. The minimum atomic E-state index is -0.396. The number of aliphatic hydroxyl groups is 1. The molecule has 4 heteroatoms. The first-order valence-electron chi connectivity index (χ1n) is 6.52. The number of benzene rings is 1. The number of halogens is 1. The molecule has 20 heavy (non-hydrogen) atoms. The van der Waals surface area contributed by atoms with Crippen LogP contribution < -0.4 is 17.0 Å². The fraction of sp³-hybridized carbons (Fsp3) is 0.500. The van der Waals surface area contributed by atoms with E-state index in [0.717, 1.165) is 32.3 Å². The molecule has 1 N–H and O–H groups in total. The molecule has 1 aromatic carbocycles. The summed E-state index contributed by atoms with van der Waals surface area (Å²) < 4.78 is 5.57. The zero-order valence-corrected chi connectivity index (χ0v) is 14.9. The quantitative estimate of drug-likeness (QED) is 0.288. The molecule has 0 heterocycles. The van der Waals surface area contributed by atoms with Gasteiger partial charge in [0.2, 0.25) is 0 Å². The molecule has 2 nitrogen and oxygen atoms in total. The van der Waals surface area contributed by atoms with Gasteiger partial charge in [-0.05, 0) is 24.8 Å². The van der Waals surface area contributed by atoms with Crippen molar-refractivity contribution in [2.24, 2.45) is 0 Å². The smallest absolute Gasteiger partial charge is 1.00 e. The third-order valence-corrected chi connectivity index (χ3v) is 2.78. The van der Waals surface area contributed by atoms with Gasteiger partial charge in [0.1, 0.15) is 0 Å². The van der Waals surface area contributed by atoms with Crippen LogP contribution in [0.25, 0.3) is 0 Å². The Morgan fingerprint density at radius 1 is 1.15 bits per heavy atom. The Bertz CT molecular complexity index is 351. The summed E-state index contributed by atoms with van der Waals surface area (Å²) in [5.41, 5.74) is 1.20. The minimum absolute atomic E-state index is 0. The van der Waals surface area contributed by atoms with Gasteiger partial charge in [0.25, 0.3) is 0 Å². The van der Waals surface area contributed by atoms with Crippen molar-refractivity contribution in [2.75, 3.05) is 6.61 Å². The molecule has 0 saturated heterocycles. The number of hydrogen-bond donors (Lipinski definition) is 1. The average molecular weight is 350 g/mol. The molecule has 0 aliphatic heterocycles. The van der Waals surface area contributed by atoms with E-state index < -0.39 is 6.10 Å². The van der Waals surface area contributed by atoms with E-state index in [9.17, 15) is 5.11 Å². The summed E-state index contributed by atoms with van der Waals surface area (Å²) in [6, 6.07) is 10.1. The van der Waals surface area contributed by atoms with E-state index in [-0.39, 0.29) is 40.0 Å². The second-order valence-corrected chi connectivity index (χ2v) is 4.42. The molecule has 0 aliphatic rings. The Hall–Kier alpha value is -0.0538. The van der Waals surface area contributed by atoms with Crippen LogP contribution in [0.3, 0.4) is 0 Å². The third kappa shape index (κ3) is 11.7. The Labute approximate surface area is 149 Å². The largest absolute Gasteiger partial charge is 2.00 e. The maximum atomic E-state index is 9.39. The Morgan fingerprint density at radius 2 is 1.85 bits per heavy atom. The summed E-state index contributed by atoms with van der Waals surface area (Å²) in [5.74, 6) is 2.22. The fourth-order valence-corrected chi connectivity index (χ4v) is 1.74. The minimum Gasteiger partial charge on any atom is -1.00 e. The van der Waals surface area contributed by atoms with Crippen LogP contribution in [0.1, 0.15) is 37.7 Å². The first kappa shape index (κ1) is 22.2. The van der Waals surface area contributed by atoms with Gasteiger partial charge in [-0.1, -0.05) is 43.2 Å². The van der Waals surface area contributed by atoms with Gasteiger partial charge in [0.15, 0.2) is 0 Å². The molecular weight excluding hydrogens is 328 g/mol. The van der Waals surface area contributed by atoms with Gasteiger partial charge in [-0.25, -0.2) is 0 Å². The van der Waals surface area contributed by atoms with E-state index in [0.29, 0.717) is 13.0 Å². The summed E-state index contributed by atoms with van der Waals surface area (Å²) in [6.07, 6.45) is 10.5. The predicted molar refractivity (Wildman–Crippen MR) is 78.1 cm³/mol. The standard InChI is InChI=1S/C16H21O2.BrH.Mg/c1-2-9-16(17)12-7-4-8-13-18-14-15-10-5-3-6-11-15;;/h3,5-6,10-11,16-17H,4,7-9,12-14H2;1H;/q-1;;+2/p-1/t16-;;/m0../s1. The molecular formula is C16H21BrMgO2. The molecule has 1 atom stereocenters. The number of ether oxygens (including phenoxy) is 1. The van der Waals surface area contributed by atoms with Crippen LogP contribution in [0.5, 0.6) is 0 Å². The molecule has 0 saturated carbocycles. The predicted octanol–water partition coefficient (Wildman–Crippen LogP) is -0.272. The van der Waals surface area contributed by atoms with Crippen LogP contribution in [0.4, 0.5) is 0 Å². The maximum Gasteiger partial charge on any atom is 2.00 e. The molecule has 106 valence electrons. The summed E-state index contributed by atoms with van der Waals surface area (Å²) in [6.45, 7) is 1.44. The van der Waals surface area contributed by atoms with Crippen LogP contribution in [-0.4, -0.2) is 40.9 Å². The zero-order chi connectivity index (χ0) is 13.1. The molecule has 0 bridgehead atoms. The number of unbranched alkanes of at least 4 members (excludes halogenated alkanes) is 2. The van der Waals surface area contributed by atoms with Gasteiger partial charge in [-0.15, -0.1) is 0 Å². The second kappa shape index (κ2) is 15.3. The summed E-state index contributed by atoms with van der Waals surface area (Å²) >= 11 is 0. The molecule has 0 unspecified atom stereocenters. The van der Waals surface area contributed by atoms with E-state index in [1.165, 1.54) is 5.56 Å². The summed E-state index contributed by atoms with van der Waals surface area (Å²) in [5, 5.41) is 9.39.